The maximum absolute atomic E-state index is 12.0. The Morgan fingerprint density at radius 1 is 1.10 bits per heavy atom. The predicted molar refractivity (Wildman–Crippen MR) is 86.7 cm³/mol. The first-order chi connectivity index (χ1) is 10.1. The lowest BCUT2D eigenvalue weighted by Gasteiger charge is -2.09. The molecule has 4 nitrogen and oxygen atoms in total. The van der Waals surface area contributed by atoms with Gasteiger partial charge in [0.15, 0.2) is 0 Å². The summed E-state index contributed by atoms with van der Waals surface area (Å²) in [7, 11) is 0. The number of anilines is 3. The van der Waals surface area contributed by atoms with Gasteiger partial charge < -0.3 is 16.0 Å². The molecule has 4 heteroatoms. The summed E-state index contributed by atoms with van der Waals surface area (Å²) in [6.07, 6.45) is 0.796. The molecule has 0 atom stereocenters. The number of hydrogen-bond acceptors (Lipinski definition) is 2. The molecule has 0 saturated heterocycles. The van der Waals surface area contributed by atoms with E-state index in [4.69, 9.17) is 0 Å². The zero-order valence-corrected chi connectivity index (χ0v) is 11.9. The number of fused-ring (bicyclic) bond motifs is 1. The van der Waals surface area contributed by atoms with Gasteiger partial charge in [0.1, 0.15) is 0 Å². The van der Waals surface area contributed by atoms with Crippen molar-refractivity contribution in [3.05, 3.63) is 65.9 Å². The highest BCUT2D eigenvalue weighted by molar-refractivity contribution is 6.00. The van der Waals surface area contributed by atoms with Gasteiger partial charge in [-0.2, -0.15) is 0 Å². The second-order valence-corrected chi connectivity index (χ2v) is 5.22. The highest BCUT2D eigenvalue weighted by Gasteiger charge is 2.13. The van der Waals surface area contributed by atoms with Crippen LogP contribution in [0.25, 0.3) is 0 Å². The molecule has 0 spiro atoms. The molecule has 0 fully saturated rings. The summed E-state index contributed by atoms with van der Waals surface area (Å²) < 4.78 is 0. The molecule has 106 valence electrons. The highest BCUT2D eigenvalue weighted by Crippen LogP contribution is 2.29. The molecule has 2 amide bonds. The molecule has 1 aliphatic heterocycles. The van der Waals surface area contributed by atoms with Gasteiger partial charge >= 0.3 is 6.03 Å². The fourth-order valence-electron chi connectivity index (χ4n) is 2.33. The van der Waals surface area contributed by atoms with E-state index in [0.29, 0.717) is 0 Å². The van der Waals surface area contributed by atoms with E-state index in [2.05, 4.69) is 22.5 Å². The summed E-state index contributed by atoms with van der Waals surface area (Å²) in [5, 5.41) is 8.85. The van der Waals surface area contributed by atoms with Gasteiger partial charge in [0, 0.05) is 29.2 Å². The first kappa shape index (κ1) is 13.2. The van der Waals surface area contributed by atoms with Crippen LogP contribution in [-0.2, 0) is 6.42 Å². The lowest BCUT2D eigenvalue weighted by Crippen LogP contribution is -2.19. The van der Waals surface area contributed by atoms with Crippen molar-refractivity contribution in [3.8, 4) is 0 Å². The minimum Gasteiger partial charge on any atom is -0.359 e. The zero-order chi connectivity index (χ0) is 14.8. The molecule has 0 aromatic heterocycles. The van der Waals surface area contributed by atoms with E-state index >= 15 is 0 Å². The molecule has 0 unspecified atom stereocenters. The number of rotatable bonds is 2. The SMILES string of the molecule is C=C1Cc2cc(NC(=O)Nc3ccc(C)cc3)ccc2N1. The van der Waals surface area contributed by atoms with Crippen molar-refractivity contribution in [2.75, 3.05) is 16.0 Å². The van der Waals surface area contributed by atoms with Crippen LogP contribution in [0.3, 0.4) is 0 Å². The van der Waals surface area contributed by atoms with Crippen molar-refractivity contribution >= 4 is 23.1 Å². The second-order valence-electron chi connectivity index (χ2n) is 5.22. The first-order valence-electron chi connectivity index (χ1n) is 6.82. The number of allylic oxidation sites excluding steroid dienone is 1. The maximum atomic E-state index is 12.0. The van der Waals surface area contributed by atoms with Gasteiger partial charge in [0.25, 0.3) is 0 Å². The highest BCUT2D eigenvalue weighted by atomic mass is 16.2. The Labute approximate surface area is 123 Å². The van der Waals surface area contributed by atoms with Crippen LogP contribution in [0.4, 0.5) is 21.9 Å². The van der Waals surface area contributed by atoms with Crippen LogP contribution in [0, 0.1) is 6.92 Å². The molecule has 0 aliphatic carbocycles. The first-order valence-corrected chi connectivity index (χ1v) is 6.82. The lowest BCUT2D eigenvalue weighted by atomic mass is 10.1. The summed E-state index contributed by atoms with van der Waals surface area (Å²) in [6, 6.07) is 13.2. The molecule has 2 aromatic rings. The van der Waals surface area contributed by atoms with Crippen LogP contribution < -0.4 is 16.0 Å². The van der Waals surface area contributed by atoms with E-state index in [-0.39, 0.29) is 6.03 Å². The smallest absolute Gasteiger partial charge is 0.323 e. The molecule has 0 radical (unpaired) electrons. The Morgan fingerprint density at radius 2 is 1.76 bits per heavy atom. The number of benzene rings is 2. The monoisotopic (exact) mass is 279 g/mol. The van der Waals surface area contributed by atoms with Gasteiger partial charge in [-0.25, -0.2) is 4.79 Å². The molecule has 2 aromatic carbocycles. The molecular formula is C17H17N3O. The predicted octanol–water partition coefficient (Wildman–Crippen LogP) is 4.12. The lowest BCUT2D eigenvalue weighted by molar-refractivity contribution is 0.262. The molecule has 0 bridgehead atoms. The van der Waals surface area contributed by atoms with E-state index < -0.39 is 0 Å². The van der Waals surface area contributed by atoms with Crippen molar-refractivity contribution in [1.29, 1.82) is 0 Å². The minimum absolute atomic E-state index is 0.247. The van der Waals surface area contributed by atoms with Crippen LogP contribution in [0.1, 0.15) is 11.1 Å². The van der Waals surface area contributed by atoms with Gasteiger partial charge in [0.2, 0.25) is 0 Å². The van der Waals surface area contributed by atoms with E-state index in [0.717, 1.165) is 40.3 Å². The van der Waals surface area contributed by atoms with Crippen molar-refractivity contribution in [2.45, 2.75) is 13.3 Å². The van der Waals surface area contributed by atoms with E-state index in [1.807, 2.05) is 49.4 Å². The number of amides is 2. The summed E-state index contributed by atoms with van der Waals surface area (Å²) in [5.74, 6) is 0. The maximum Gasteiger partial charge on any atom is 0.323 e. The Kier molecular flexibility index (Phi) is 3.36. The molecule has 21 heavy (non-hydrogen) atoms. The number of carbonyl (C=O) groups excluding carboxylic acids is 1. The average Bonchev–Trinajstić information content (AvgIpc) is 2.80. The van der Waals surface area contributed by atoms with E-state index in [1.54, 1.807) is 0 Å². The summed E-state index contributed by atoms with van der Waals surface area (Å²) in [6.45, 7) is 5.92. The van der Waals surface area contributed by atoms with Gasteiger partial charge in [-0.15, -0.1) is 0 Å². The normalized spacial score (nSPS) is 12.5. The summed E-state index contributed by atoms with van der Waals surface area (Å²) in [5.41, 5.74) is 5.89. The van der Waals surface area contributed by atoms with Gasteiger partial charge in [0.05, 0.1) is 0 Å². The standard InChI is InChI=1S/C17H17N3O/c1-11-3-5-14(6-4-11)19-17(21)20-15-7-8-16-13(10-15)9-12(2)18-16/h3-8,10,18H,2,9H2,1H3,(H2,19,20,21). The summed E-state index contributed by atoms with van der Waals surface area (Å²) >= 11 is 0. The third-order valence-electron chi connectivity index (χ3n) is 3.39. The van der Waals surface area contributed by atoms with Crippen molar-refractivity contribution in [1.82, 2.24) is 0 Å². The van der Waals surface area contributed by atoms with Gasteiger partial charge in [-0.1, -0.05) is 24.3 Å². The zero-order valence-electron chi connectivity index (χ0n) is 11.9. The van der Waals surface area contributed by atoms with Crippen LogP contribution in [-0.4, -0.2) is 6.03 Å². The average molecular weight is 279 g/mol. The third-order valence-corrected chi connectivity index (χ3v) is 3.39. The third kappa shape index (κ3) is 3.05. The molecule has 1 aliphatic rings. The fourth-order valence-corrected chi connectivity index (χ4v) is 2.33. The van der Waals surface area contributed by atoms with E-state index in [9.17, 15) is 4.79 Å². The van der Waals surface area contributed by atoms with Gasteiger partial charge in [-0.05, 0) is 42.8 Å². The summed E-state index contributed by atoms with van der Waals surface area (Å²) in [4.78, 5) is 12.0. The Bertz CT molecular complexity index is 704. The van der Waals surface area contributed by atoms with Gasteiger partial charge in [-0.3, -0.25) is 0 Å². The number of carbonyl (C=O) groups is 1. The molecule has 3 rings (SSSR count). The van der Waals surface area contributed by atoms with Crippen LogP contribution in [0.15, 0.2) is 54.7 Å². The minimum atomic E-state index is -0.247. The van der Waals surface area contributed by atoms with Crippen LogP contribution in [0.2, 0.25) is 0 Å². The van der Waals surface area contributed by atoms with Crippen LogP contribution in [0.5, 0.6) is 0 Å². The quantitative estimate of drug-likeness (QED) is 0.774. The Morgan fingerprint density at radius 3 is 2.52 bits per heavy atom. The topological polar surface area (TPSA) is 53.2 Å². The number of nitrogens with one attached hydrogen (secondary N) is 3. The van der Waals surface area contributed by atoms with E-state index in [1.165, 1.54) is 0 Å². The van der Waals surface area contributed by atoms with Crippen molar-refractivity contribution in [2.24, 2.45) is 0 Å². The molecule has 3 N–H and O–H groups in total. The largest absolute Gasteiger partial charge is 0.359 e. The van der Waals surface area contributed by atoms with Crippen molar-refractivity contribution < 1.29 is 4.79 Å². The Hall–Kier alpha value is -2.75. The molecule has 0 saturated carbocycles. The Balaban J connectivity index is 1.66. The molecular weight excluding hydrogens is 262 g/mol. The number of aryl methyl sites for hydroxylation is 1. The number of urea groups is 1. The van der Waals surface area contributed by atoms with Crippen LogP contribution >= 0.6 is 0 Å². The number of hydrogen-bond donors (Lipinski definition) is 3. The second kappa shape index (κ2) is 5.32. The molecule has 1 heterocycles. The van der Waals surface area contributed by atoms with Crippen molar-refractivity contribution in [3.63, 3.8) is 0 Å². The fraction of sp³-hybridized carbons (Fsp3) is 0.118.